The lowest BCUT2D eigenvalue weighted by Crippen LogP contribution is -2.23. The minimum atomic E-state index is -4.38. The number of aliphatic hydroxyl groups is 1. The van der Waals surface area contributed by atoms with Crippen LogP contribution < -0.4 is 0 Å². The van der Waals surface area contributed by atoms with Crippen molar-refractivity contribution in [3.63, 3.8) is 0 Å². The standard InChI is InChI=1S/C34H35O7P/c35-32(40-24-26-13-5-1-6-14-26)22-21-30(33(36)41-25-27-15-7-2-8-16-27)23-31(28-17-9-3-10-18-28)42(38,39)34(37)29-19-11-4-12-20-29/h1-20,30-31,34,37H,21-25H2,(H,38,39). The maximum absolute atomic E-state index is 14.0. The molecule has 0 heterocycles. The Morgan fingerprint density at radius 2 is 1.12 bits per heavy atom. The molecule has 0 bridgehead atoms. The van der Waals surface area contributed by atoms with E-state index in [0.717, 1.165) is 11.1 Å². The van der Waals surface area contributed by atoms with Crippen LogP contribution in [-0.4, -0.2) is 21.9 Å². The molecule has 0 aliphatic heterocycles. The van der Waals surface area contributed by atoms with E-state index >= 15 is 0 Å². The van der Waals surface area contributed by atoms with Gasteiger partial charge < -0.3 is 19.5 Å². The summed E-state index contributed by atoms with van der Waals surface area (Å²) in [5.41, 5.74) is 1.34. The minimum absolute atomic E-state index is 0.0219. The summed E-state index contributed by atoms with van der Waals surface area (Å²) in [6, 6.07) is 35.4. The number of rotatable bonds is 14. The number of hydrogen-bond acceptors (Lipinski definition) is 6. The van der Waals surface area contributed by atoms with Crippen molar-refractivity contribution in [1.82, 2.24) is 0 Å². The van der Waals surface area contributed by atoms with E-state index in [0.29, 0.717) is 11.1 Å². The van der Waals surface area contributed by atoms with Crippen LogP contribution >= 0.6 is 7.37 Å². The number of aliphatic hydroxyl groups excluding tert-OH is 1. The predicted octanol–water partition coefficient (Wildman–Crippen LogP) is 6.96. The van der Waals surface area contributed by atoms with Crippen LogP contribution in [0.15, 0.2) is 121 Å². The zero-order valence-electron chi connectivity index (χ0n) is 23.2. The van der Waals surface area contributed by atoms with Gasteiger partial charge >= 0.3 is 11.9 Å². The SMILES string of the molecule is O=C(CCC(CC(c1ccccc1)P(=O)(O)C(O)c1ccccc1)C(=O)OCc1ccccc1)OCc1ccccc1. The van der Waals surface area contributed by atoms with Crippen LogP contribution in [0.4, 0.5) is 0 Å². The maximum Gasteiger partial charge on any atom is 0.309 e. The van der Waals surface area contributed by atoms with Gasteiger partial charge in [0.05, 0.1) is 11.6 Å². The van der Waals surface area contributed by atoms with E-state index < -0.39 is 36.7 Å². The fraction of sp³-hybridized carbons (Fsp3) is 0.235. The van der Waals surface area contributed by atoms with E-state index in [1.165, 1.54) is 0 Å². The first-order chi connectivity index (χ1) is 20.3. The van der Waals surface area contributed by atoms with Crippen LogP contribution in [0.25, 0.3) is 0 Å². The van der Waals surface area contributed by atoms with E-state index in [9.17, 15) is 24.2 Å². The fourth-order valence-corrected chi connectivity index (χ4v) is 6.83. The fourth-order valence-electron chi connectivity index (χ4n) is 4.74. The Balaban J connectivity index is 1.55. The number of carbonyl (C=O) groups excluding carboxylic acids is 2. The Labute approximate surface area is 246 Å². The molecule has 0 aliphatic rings. The van der Waals surface area contributed by atoms with E-state index in [2.05, 4.69) is 0 Å². The van der Waals surface area contributed by atoms with Crippen molar-refractivity contribution in [3.05, 3.63) is 144 Å². The molecule has 0 spiro atoms. The Hall–Kier alpha value is -4.03. The third kappa shape index (κ3) is 8.73. The maximum atomic E-state index is 14.0. The molecule has 0 amide bonds. The summed E-state index contributed by atoms with van der Waals surface area (Å²) in [5, 5.41) is 11.1. The second-order valence-corrected chi connectivity index (χ2v) is 12.6. The van der Waals surface area contributed by atoms with Crippen LogP contribution in [-0.2, 0) is 36.8 Å². The predicted molar refractivity (Wildman–Crippen MR) is 160 cm³/mol. The zero-order chi connectivity index (χ0) is 29.8. The Kier molecular flexibility index (Phi) is 11.2. The van der Waals surface area contributed by atoms with Crippen molar-refractivity contribution in [1.29, 1.82) is 0 Å². The van der Waals surface area contributed by atoms with Gasteiger partial charge in [0.2, 0.25) is 7.37 Å². The van der Waals surface area contributed by atoms with Gasteiger partial charge in [0.1, 0.15) is 13.2 Å². The molecule has 2 N–H and O–H groups in total. The van der Waals surface area contributed by atoms with Gasteiger partial charge in [-0.05, 0) is 35.1 Å². The zero-order valence-corrected chi connectivity index (χ0v) is 24.1. The molecule has 0 saturated carbocycles. The molecule has 4 atom stereocenters. The lowest BCUT2D eigenvalue weighted by molar-refractivity contribution is -0.151. The molecule has 42 heavy (non-hydrogen) atoms. The summed E-state index contributed by atoms with van der Waals surface area (Å²) < 4.78 is 25.0. The highest BCUT2D eigenvalue weighted by Gasteiger charge is 2.42. The van der Waals surface area contributed by atoms with Crippen molar-refractivity contribution in [2.24, 2.45) is 5.92 Å². The van der Waals surface area contributed by atoms with Crippen LogP contribution in [0.2, 0.25) is 0 Å². The summed E-state index contributed by atoms with van der Waals surface area (Å²) >= 11 is 0. The highest BCUT2D eigenvalue weighted by atomic mass is 31.2. The smallest absolute Gasteiger partial charge is 0.309 e. The average molecular weight is 587 g/mol. The Morgan fingerprint density at radius 3 is 1.64 bits per heavy atom. The van der Waals surface area contributed by atoms with Gasteiger partial charge in [0.25, 0.3) is 0 Å². The topological polar surface area (TPSA) is 110 Å². The molecule has 0 aromatic heterocycles. The molecule has 8 heteroatoms. The van der Waals surface area contributed by atoms with Crippen molar-refractivity contribution < 1.29 is 33.6 Å². The third-order valence-electron chi connectivity index (χ3n) is 7.08. The van der Waals surface area contributed by atoms with Gasteiger partial charge in [0.15, 0.2) is 5.85 Å². The number of carbonyl (C=O) groups is 2. The van der Waals surface area contributed by atoms with Crippen LogP contribution in [0.3, 0.4) is 0 Å². The van der Waals surface area contributed by atoms with Gasteiger partial charge in [-0.1, -0.05) is 121 Å². The average Bonchev–Trinajstić information content (AvgIpc) is 3.04. The van der Waals surface area contributed by atoms with Crippen LogP contribution in [0.1, 0.15) is 53.0 Å². The lowest BCUT2D eigenvalue weighted by Gasteiger charge is -2.30. The normalized spacial score (nSPS) is 14.6. The van der Waals surface area contributed by atoms with Gasteiger partial charge in [-0.3, -0.25) is 14.2 Å². The summed E-state index contributed by atoms with van der Waals surface area (Å²) in [4.78, 5) is 37.5. The third-order valence-corrected chi connectivity index (χ3v) is 9.48. The number of ether oxygens (including phenoxy) is 2. The molecule has 218 valence electrons. The summed E-state index contributed by atoms with van der Waals surface area (Å²) in [5.74, 6) is -3.66. The number of hydrogen-bond donors (Lipinski definition) is 2. The Morgan fingerprint density at radius 1 is 0.667 bits per heavy atom. The second kappa shape index (κ2) is 15.3. The lowest BCUT2D eigenvalue weighted by atomic mass is 9.94. The van der Waals surface area contributed by atoms with Crippen molar-refractivity contribution in [2.45, 2.75) is 44.0 Å². The molecule has 0 aliphatic carbocycles. The molecule has 0 fully saturated rings. The molecular formula is C34H35O7P. The van der Waals surface area contributed by atoms with Crippen molar-refractivity contribution in [2.75, 3.05) is 0 Å². The minimum Gasteiger partial charge on any atom is -0.461 e. The quantitative estimate of drug-likeness (QED) is 0.121. The molecule has 0 radical (unpaired) electrons. The largest absolute Gasteiger partial charge is 0.461 e. The molecule has 4 aromatic carbocycles. The second-order valence-electron chi connectivity index (χ2n) is 10.1. The van der Waals surface area contributed by atoms with E-state index in [4.69, 9.17) is 9.47 Å². The molecule has 4 aromatic rings. The highest BCUT2D eigenvalue weighted by molar-refractivity contribution is 7.58. The van der Waals surface area contributed by atoms with Gasteiger partial charge in [-0.2, -0.15) is 0 Å². The molecular weight excluding hydrogens is 551 g/mol. The van der Waals surface area contributed by atoms with Gasteiger partial charge in [-0.15, -0.1) is 0 Å². The molecule has 4 rings (SSSR count). The van der Waals surface area contributed by atoms with Crippen LogP contribution in [0.5, 0.6) is 0 Å². The highest BCUT2D eigenvalue weighted by Crippen LogP contribution is 2.66. The molecule has 7 nitrogen and oxygen atoms in total. The van der Waals surface area contributed by atoms with Crippen LogP contribution in [0, 0.1) is 5.92 Å². The van der Waals surface area contributed by atoms with Gasteiger partial charge in [-0.25, -0.2) is 0 Å². The van der Waals surface area contributed by atoms with Gasteiger partial charge in [0, 0.05) is 6.42 Å². The van der Waals surface area contributed by atoms with E-state index in [1.54, 1.807) is 60.7 Å². The number of benzene rings is 4. The summed E-state index contributed by atoms with van der Waals surface area (Å²) in [6.45, 7) is 0.124. The van der Waals surface area contributed by atoms with E-state index in [-0.39, 0.29) is 32.5 Å². The first-order valence-corrected chi connectivity index (χ1v) is 15.6. The summed E-state index contributed by atoms with van der Waals surface area (Å²) in [6.07, 6.45) is -0.149. The van der Waals surface area contributed by atoms with Crippen molar-refractivity contribution >= 4 is 19.3 Å². The summed E-state index contributed by atoms with van der Waals surface area (Å²) in [7, 11) is -4.38. The monoisotopic (exact) mass is 586 g/mol. The first kappa shape index (κ1) is 30.9. The molecule has 4 unspecified atom stereocenters. The van der Waals surface area contributed by atoms with E-state index in [1.807, 2.05) is 60.7 Å². The number of esters is 2. The Bertz CT molecular complexity index is 1450. The van der Waals surface area contributed by atoms with Crippen molar-refractivity contribution in [3.8, 4) is 0 Å². The first-order valence-electron chi connectivity index (χ1n) is 13.8. The molecule has 0 saturated heterocycles.